The van der Waals surface area contributed by atoms with Crippen molar-refractivity contribution in [1.82, 2.24) is 24.6 Å². The second-order valence-electron chi connectivity index (χ2n) is 10.4. The Kier molecular flexibility index (Phi) is 7.55. The van der Waals surface area contributed by atoms with E-state index in [1.165, 1.54) is 0 Å². The van der Waals surface area contributed by atoms with Gasteiger partial charge in [-0.2, -0.15) is 9.97 Å². The van der Waals surface area contributed by atoms with Crippen LogP contribution in [0.2, 0.25) is 0 Å². The van der Waals surface area contributed by atoms with E-state index in [0.717, 1.165) is 6.42 Å². The van der Waals surface area contributed by atoms with Crippen molar-refractivity contribution >= 4 is 47.3 Å². The first-order valence-electron chi connectivity index (χ1n) is 12.8. The Morgan fingerprint density at radius 3 is 2.69 bits per heavy atom. The van der Waals surface area contributed by atoms with Gasteiger partial charge in [-0.3, -0.25) is 4.79 Å². The predicted molar refractivity (Wildman–Crippen MR) is 151 cm³/mol. The summed E-state index contributed by atoms with van der Waals surface area (Å²) in [4.78, 5) is 25.6. The number of fused-ring (bicyclic) bond motifs is 2. The lowest BCUT2D eigenvalue weighted by Crippen LogP contribution is -2.36. The number of nitrogens with one attached hydrogen (secondary N) is 2. The predicted octanol–water partition coefficient (Wildman–Crippen LogP) is 3.42. The molecule has 2 fully saturated rings. The summed E-state index contributed by atoms with van der Waals surface area (Å²) < 4.78 is 26.0. The summed E-state index contributed by atoms with van der Waals surface area (Å²) in [5, 5.41) is 6.10. The van der Waals surface area contributed by atoms with Crippen molar-refractivity contribution in [2.24, 2.45) is 5.41 Å². The van der Waals surface area contributed by atoms with Crippen molar-refractivity contribution < 1.29 is 23.3 Å². The number of hydrogen-bond donors (Lipinski definition) is 3. The number of ether oxygens (including phenoxy) is 2. The van der Waals surface area contributed by atoms with E-state index >= 15 is 0 Å². The summed E-state index contributed by atoms with van der Waals surface area (Å²) in [7, 11) is 1.77. The maximum atomic E-state index is 12.5. The minimum absolute atomic E-state index is 0.0430. The number of aromatic nitrogens is 4. The smallest absolute Gasteiger partial charge is 0.323 e. The van der Waals surface area contributed by atoms with Crippen LogP contribution in [0.1, 0.15) is 40.2 Å². The topological polar surface area (TPSA) is 148 Å². The van der Waals surface area contributed by atoms with Crippen molar-refractivity contribution in [3.63, 3.8) is 0 Å². The Hall–Kier alpha value is -2.83. The van der Waals surface area contributed by atoms with Gasteiger partial charge < -0.3 is 34.1 Å². The van der Waals surface area contributed by atoms with Gasteiger partial charge in [0, 0.05) is 12.5 Å². The molecule has 1 aromatic carbocycles. The summed E-state index contributed by atoms with van der Waals surface area (Å²) in [6, 6.07) is 8.50. The van der Waals surface area contributed by atoms with Gasteiger partial charge in [-0.25, -0.2) is 10.1 Å². The van der Waals surface area contributed by atoms with Gasteiger partial charge in [0.15, 0.2) is 17.0 Å². The summed E-state index contributed by atoms with van der Waals surface area (Å²) >= 11 is 5.82. The van der Waals surface area contributed by atoms with E-state index in [1.54, 1.807) is 46.3 Å². The maximum Gasteiger partial charge on any atom is 0.323 e. The van der Waals surface area contributed by atoms with E-state index in [-0.39, 0.29) is 42.3 Å². The van der Waals surface area contributed by atoms with Crippen molar-refractivity contribution in [3.05, 3.63) is 36.7 Å². The lowest BCUT2D eigenvalue weighted by Gasteiger charge is -2.28. The normalized spacial score (nSPS) is 26.2. The van der Waals surface area contributed by atoms with Gasteiger partial charge in [0.1, 0.15) is 11.8 Å². The van der Waals surface area contributed by atoms with Crippen LogP contribution in [-0.4, -0.2) is 63.5 Å². The average molecular weight is 576 g/mol. The molecule has 1 unspecified atom stereocenters. The van der Waals surface area contributed by atoms with Gasteiger partial charge in [0.25, 0.3) is 0 Å². The van der Waals surface area contributed by atoms with E-state index in [0.29, 0.717) is 22.7 Å². The van der Waals surface area contributed by atoms with Gasteiger partial charge in [-0.15, -0.1) is 0 Å². The molecule has 14 heteroatoms. The van der Waals surface area contributed by atoms with Crippen molar-refractivity contribution in [2.75, 3.05) is 24.7 Å². The second-order valence-corrected chi connectivity index (χ2v) is 13.5. The Labute approximate surface area is 232 Å². The standard InChI is InChI=1S/C25H34N7O5PS/c1-14(2)35-23(33)15(3)31-38(39,37-16-9-7-6-8-10-16)34-12-17-11-25(4)19(20(25)36-17)32-13-28-18-21(27-5)29-24(26)30-22(18)32/h6-10,13-15,17,19-20H,11-12H2,1-5H3,(H,31,39)(H3,26,27,29,30)/t15-,17+,19?,20+,25+,38+/m1/s1. The Morgan fingerprint density at radius 1 is 1.31 bits per heavy atom. The number of nitrogens with two attached hydrogens (primary N) is 1. The molecule has 3 aromatic rings. The zero-order valence-corrected chi connectivity index (χ0v) is 24.2. The molecule has 2 aromatic heterocycles. The number of imidazole rings is 1. The monoisotopic (exact) mass is 575 g/mol. The van der Waals surface area contributed by atoms with E-state index in [2.05, 4.69) is 32.3 Å². The molecule has 6 atom stereocenters. The quantitative estimate of drug-likeness (QED) is 0.227. The Bertz CT molecular complexity index is 1410. The number of rotatable bonds is 11. The van der Waals surface area contributed by atoms with Crippen LogP contribution in [-0.2, 0) is 30.6 Å². The summed E-state index contributed by atoms with van der Waals surface area (Å²) in [5.74, 6) is 0.892. The van der Waals surface area contributed by atoms with Gasteiger partial charge in [0.05, 0.1) is 37.3 Å². The molecule has 0 amide bonds. The van der Waals surface area contributed by atoms with Gasteiger partial charge in [0.2, 0.25) is 5.95 Å². The number of para-hydroxylation sites is 1. The highest BCUT2D eigenvalue weighted by atomic mass is 32.5. The molecule has 1 saturated carbocycles. The fourth-order valence-electron chi connectivity index (χ4n) is 5.10. The summed E-state index contributed by atoms with van der Waals surface area (Å²) in [5.41, 5.74) is 7.12. The number of nitrogens with zero attached hydrogens (tertiary/aromatic N) is 4. The van der Waals surface area contributed by atoms with Gasteiger partial charge >= 0.3 is 12.6 Å². The van der Waals surface area contributed by atoms with E-state index in [9.17, 15) is 4.79 Å². The van der Waals surface area contributed by atoms with Gasteiger partial charge in [-0.05, 0) is 51.1 Å². The lowest BCUT2D eigenvalue weighted by atomic mass is 10.0. The third-order valence-corrected chi connectivity index (χ3v) is 9.44. The molecule has 1 aliphatic carbocycles. The van der Waals surface area contributed by atoms with Crippen molar-refractivity contribution in [1.29, 1.82) is 0 Å². The maximum absolute atomic E-state index is 12.5. The van der Waals surface area contributed by atoms with Gasteiger partial charge in [-0.1, -0.05) is 25.1 Å². The SMILES string of the molecule is CNc1nc(N)nc2c1ncn2C1[C@@H]2O[C@H](CO[P@@](=S)(N[C@H](C)C(=O)OC(C)C)Oc3ccccc3)C[C@@]12C. The molecule has 1 saturated heterocycles. The van der Waals surface area contributed by atoms with Crippen LogP contribution in [0.25, 0.3) is 11.2 Å². The zero-order valence-electron chi connectivity index (χ0n) is 22.5. The third kappa shape index (κ3) is 5.59. The minimum Gasteiger partial charge on any atom is -0.462 e. The van der Waals surface area contributed by atoms with Crippen LogP contribution in [0.5, 0.6) is 5.75 Å². The summed E-state index contributed by atoms with van der Waals surface area (Å²) in [6.45, 7) is 4.53. The van der Waals surface area contributed by atoms with Crippen LogP contribution < -0.4 is 20.7 Å². The number of carbonyl (C=O) groups excluding carboxylic acids is 1. The average Bonchev–Trinajstić information content (AvgIpc) is 3.16. The Balaban J connectivity index is 1.26. The highest BCUT2D eigenvalue weighted by molar-refractivity contribution is 8.09. The fourth-order valence-corrected chi connectivity index (χ4v) is 7.54. The van der Waals surface area contributed by atoms with Crippen LogP contribution in [0.3, 0.4) is 0 Å². The zero-order chi connectivity index (χ0) is 27.9. The van der Waals surface area contributed by atoms with Crippen LogP contribution in [0.4, 0.5) is 11.8 Å². The molecule has 0 radical (unpaired) electrons. The van der Waals surface area contributed by atoms with Crippen LogP contribution in [0, 0.1) is 5.41 Å². The minimum atomic E-state index is -3.14. The number of nitrogen functional groups attached to an aromatic ring is 1. The third-order valence-electron chi connectivity index (χ3n) is 6.94. The van der Waals surface area contributed by atoms with E-state index in [1.807, 2.05) is 22.8 Å². The largest absolute Gasteiger partial charge is 0.462 e. The number of anilines is 2. The first-order valence-corrected chi connectivity index (χ1v) is 15.5. The van der Waals surface area contributed by atoms with Crippen molar-refractivity contribution in [2.45, 2.75) is 64.5 Å². The molecule has 0 bridgehead atoms. The molecule has 4 N–H and O–H groups in total. The molecular weight excluding hydrogens is 541 g/mol. The number of benzene rings is 1. The number of hydrogen-bond acceptors (Lipinski definition) is 11. The summed E-state index contributed by atoms with van der Waals surface area (Å²) in [6.07, 6.45) is 2.02. The first kappa shape index (κ1) is 27.7. The number of carbonyl (C=O) groups is 1. The van der Waals surface area contributed by atoms with E-state index in [4.69, 9.17) is 36.1 Å². The van der Waals surface area contributed by atoms with Crippen LogP contribution >= 0.6 is 6.64 Å². The first-order chi connectivity index (χ1) is 18.5. The molecule has 2 aliphatic rings. The lowest BCUT2D eigenvalue weighted by molar-refractivity contribution is -0.149. The van der Waals surface area contributed by atoms with Crippen molar-refractivity contribution in [3.8, 4) is 5.75 Å². The van der Waals surface area contributed by atoms with Crippen LogP contribution in [0.15, 0.2) is 36.7 Å². The molecule has 1 aliphatic heterocycles. The molecule has 0 spiro atoms. The number of esters is 1. The Morgan fingerprint density at radius 2 is 2.05 bits per heavy atom. The molecule has 3 heterocycles. The molecule has 39 heavy (non-hydrogen) atoms. The molecule has 5 rings (SSSR count). The van der Waals surface area contributed by atoms with E-state index < -0.39 is 18.7 Å². The fraction of sp³-hybridized carbons (Fsp3) is 0.520. The highest BCUT2D eigenvalue weighted by Gasteiger charge is 2.69. The second kappa shape index (κ2) is 10.6. The highest BCUT2D eigenvalue weighted by Crippen LogP contribution is 2.66. The molecule has 210 valence electrons. The molecular formula is C25H34N7O5PS. The molecule has 12 nitrogen and oxygen atoms in total.